The fourth-order valence-corrected chi connectivity index (χ4v) is 6.80. The molecule has 3 fully saturated rings. The minimum absolute atomic E-state index is 0.0885. The molecule has 1 N–H and O–H groups in total. The first-order valence-electron chi connectivity index (χ1n) is 15.1. The monoisotopic (exact) mass is 554 g/mol. The predicted octanol–water partition coefficient (Wildman–Crippen LogP) is 6.57. The van der Waals surface area contributed by atoms with Crippen LogP contribution in [0.1, 0.15) is 66.1 Å². The van der Waals surface area contributed by atoms with E-state index >= 15 is 0 Å². The summed E-state index contributed by atoms with van der Waals surface area (Å²) in [6, 6.07) is 20.5. The number of hydrogen-bond donors (Lipinski definition) is 1. The molecule has 2 atom stereocenters. The third-order valence-corrected chi connectivity index (χ3v) is 8.96. The van der Waals surface area contributed by atoms with Crippen LogP contribution in [0.3, 0.4) is 0 Å². The highest BCUT2D eigenvalue weighted by molar-refractivity contribution is 5.98. The summed E-state index contributed by atoms with van der Waals surface area (Å²) in [5, 5.41) is 3.17. The number of aryl methyl sites for hydroxylation is 1. The molecular weight excluding hydrogens is 515 g/mol. The van der Waals surface area contributed by atoms with Gasteiger partial charge in [-0.25, -0.2) is 4.39 Å². The van der Waals surface area contributed by atoms with Crippen LogP contribution in [0.2, 0.25) is 0 Å². The minimum Gasteiger partial charge on any atom is -0.372 e. The molecule has 0 spiro atoms. The zero-order valence-corrected chi connectivity index (χ0v) is 23.8. The molecule has 6 rings (SSSR count). The molecule has 7 heteroatoms. The number of rotatable bonds is 6. The van der Waals surface area contributed by atoms with Gasteiger partial charge < -0.3 is 20.0 Å². The molecule has 3 aliphatic heterocycles. The molecule has 0 aromatic heterocycles. The summed E-state index contributed by atoms with van der Waals surface area (Å²) in [5.41, 5.74) is 4.63. The minimum atomic E-state index is -0.525. The fourth-order valence-electron chi connectivity index (χ4n) is 6.80. The van der Waals surface area contributed by atoms with Crippen LogP contribution in [0, 0.1) is 18.7 Å². The highest BCUT2D eigenvalue weighted by atomic mass is 19.1. The van der Waals surface area contributed by atoms with Crippen LogP contribution < -0.4 is 15.1 Å². The lowest BCUT2D eigenvalue weighted by Crippen LogP contribution is -2.46. The lowest BCUT2D eigenvalue weighted by Gasteiger charge is -2.41. The summed E-state index contributed by atoms with van der Waals surface area (Å²) in [6.07, 6.45) is 6.07. The Kier molecular flexibility index (Phi) is 7.95. The van der Waals surface area contributed by atoms with Gasteiger partial charge in [-0.2, -0.15) is 0 Å². The second-order valence-electron chi connectivity index (χ2n) is 11.6. The molecule has 3 heterocycles. The molecule has 0 unspecified atom stereocenters. The molecule has 41 heavy (non-hydrogen) atoms. The van der Waals surface area contributed by atoms with Crippen LogP contribution >= 0.6 is 0 Å². The van der Waals surface area contributed by atoms with Gasteiger partial charge in [0.15, 0.2) is 0 Å². The van der Waals surface area contributed by atoms with Crippen molar-refractivity contribution in [3.8, 4) is 0 Å². The van der Waals surface area contributed by atoms with Crippen molar-refractivity contribution in [2.24, 2.45) is 5.92 Å². The SMILES string of the molecule is Cc1cccc(F)c1C(=O)N1CCC[C@H](C(=O)Nc2cccc(N3CCCC3)c2)[C@@H]1c1ccc(N2CCCC2)cc1. The zero-order valence-electron chi connectivity index (χ0n) is 23.8. The van der Waals surface area contributed by atoms with Crippen LogP contribution in [0.15, 0.2) is 66.7 Å². The Morgan fingerprint density at radius 1 is 0.780 bits per heavy atom. The summed E-state index contributed by atoms with van der Waals surface area (Å²) in [7, 11) is 0. The Morgan fingerprint density at radius 2 is 1.44 bits per heavy atom. The number of halogens is 1. The first kappa shape index (κ1) is 27.3. The Morgan fingerprint density at radius 3 is 2.12 bits per heavy atom. The van der Waals surface area contributed by atoms with Crippen LogP contribution in [-0.4, -0.2) is 49.4 Å². The number of carbonyl (C=O) groups is 2. The van der Waals surface area contributed by atoms with Crippen LogP contribution in [0.25, 0.3) is 0 Å². The molecule has 3 saturated heterocycles. The molecular formula is C34H39FN4O2. The van der Waals surface area contributed by atoms with Gasteiger partial charge in [-0.1, -0.05) is 30.3 Å². The highest BCUT2D eigenvalue weighted by Crippen LogP contribution is 2.39. The molecule has 0 radical (unpaired) electrons. The number of nitrogens with zero attached hydrogens (tertiary/aromatic N) is 3. The number of likely N-dealkylation sites (tertiary alicyclic amines) is 1. The number of amides is 2. The van der Waals surface area contributed by atoms with Gasteiger partial charge >= 0.3 is 0 Å². The molecule has 214 valence electrons. The number of piperidine rings is 1. The fraction of sp³-hybridized carbons (Fsp3) is 0.412. The van der Waals surface area contributed by atoms with Crippen LogP contribution in [0.5, 0.6) is 0 Å². The Balaban J connectivity index is 1.31. The molecule has 0 bridgehead atoms. The normalized spacial score (nSPS) is 20.9. The number of anilines is 3. The van der Waals surface area contributed by atoms with E-state index in [0.717, 1.165) is 48.8 Å². The van der Waals surface area contributed by atoms with Crippen molar-refractivity contribution in [1.29, 1.82) is 0 Å². The summed E-state index contributed by atoms with van der Waals surface area (Å²) in [5.74, 6) is -1.46. The lowest BCUT2D eigenvalue weighted by atomic mass is 9.83. The van der Waals surface area contributed by atoms with Gasteiger partial charge in [-0.3, -0.25) is 9.59 Å². The number of hydrogen-bond acceptors (Lipinski definition) is 4. The van der Waals surface area contributed by atoms with Gasteiger partial charge in [0.2, 0.25) is 5.91 Å². The molecule has 0 saturated carbocycles. The quantitative estimate of drug-likeness (QED) is 0.375. The van der Waals surface area contributed by atoms with Crippen molar-refractivity contribution in [2.75, 3.05) is 47.8 Å². The largest absolute Gasteiger partial charge is 0.372 e. The average molecular weight is 555 g/mol. The first-order valence-corrected chi connectivity index (χ1v) is 15.1. The van der Waals surface area contributed by atoms with Crippen molar-refractivity contribution in [3.05, 3.63) is 89.2 Å². The van der Waals surface area contributed by atoms with Gasteiger partial charge in [-0.15, -0.1) is 0 Å². The summed E-state index contributed by atoms with van der Waals surface area (Å²) < 4.78 is 15.0. The summed E-state index contributed by atoms with van der Waals surface area (Å²) in [6.45, 7) is 6.38. The van der Waals surface area contributed by atoms with Crippen molar-refractivity contribution < 1.29 is 14.0 Å². The van der Waals surface area contributed by atoms with E-state index in [0.29, 0.717) is 24.9 Å². The Labute approximate surface area is 242 Å². The van der Waals surface area contributed by atoms with E-state index in [1.165, 1.54) is 31.7 Å². The first-order chi connectivity index (χ1) is 20.0. The summed E-state index contributed by atoms with van der Waals surface area (Å²) >= 11 is 0. The maximum absolute atomic E-state index is 15.0. The highest BCUT2D eigenvalue weighted by Gasteiger charge is 2.40. The summed E-state index contributed by atoms with van der Waals surface area (Å²) in [4.78, 5) is 34.4. The average Bonchev–Trinajstić information content (AvgIpc) is 3.72. The van der Waals surface area contributed by atoms with Crippen LogP contribution in [-0.2, 0) is 4.79 Å². The van der Waals surface area contributed by atoms with Gasteiger partial charge in [0.05, 0.1) is 17.5 Å². The van der Waals surface area contributed by atoms with Gasteiger partial charge in [0.25, 0.3) is 5.91 Å². The molecule has 2 amide bonds. The van der Waals surface area contributed by atoms with Crippen molar-refractivity contribution in [3.63, 3.8) is 0 Å². The van der Waals surface area contributed by atoms with E-state index in [2.05, 4.69) is 33.3 Å². The van der Waals surface area contributed by atoms with E-state index in [-0.39, 0.29) is 17.4 Å². The maximum atomic E-state index is 15.0. The lowest BCUT2D eigenvalue weighted by molar-refractivity contribution is -0.123. The van der Waals surface area contributed by atoms with Gasteiger partial charge in [0, 0.05) is 49.8 Å². The number of carbonyl (C=O) groups excluding carboxylic acids is 2. The standard InChI is InChI=1S/C34H39FN4O2/c1-24-9-6-13-30(35)31(24)34(41)39-22-8-12-29(32(39)25-14-16-27(17-15-25)37-18-2-3-19-37)33(40)36-26-10-7-11-28(23-26)38-20-4-5-21-38/h6-7,9-11,13-17,23,29,32H,2-5,8,12,18-22H2,1H3,(H,36,40)/t29-,32-/m0/s1. The van der Waals surface area contributed by atoms with E-state index in [1.54, 1.807) is 24.0 Å². The molecule has 6 nitrogen and oxygen atoms in total. The molecule has 3 aromatic carbocycles. The Bertz CT molecular complexity index is 1380. The maximum Gasteiger partial charge on any atom is 0.257 e. The number of benzene rings is 3. The second kappa shape index (κ2) is 11.9. The van der Waals surface area contributed by atoms with Gasteiger partial charge in [0.1, 0.15) is 5.82 Å². The molecule has 3 aliphatic rings. The zero-order chi connectivity index (χ0) is 28.3. The number of nitrogens with one attached hydrogen (secondary N) is 1. The van der Waals surface area contributed by atoms with Crippen molar-refractivity contribution in [2.45, 2.75) is 51.5 Å². The van der Waals surface area contributed by atoms with E-state index < -0.39 is 17.8 Å². The smallest absolute Gasteiger partial charge is 0.257 e. The molecule has 3 aromatic rings. The predicted molar refractivity (Wildman–Crippen MR) is 162 cm³/mol. The van der Waals surface area contributed by atoms with E-state index in [1.807, 2.05) is 30.3 Å². The van der Waals surface area contributed by atoms with Crippen molar-refractivity contribution >= 4 is 28.9 Å². The van der Waals surface area contributed by atoms with E-state index in [4.69, 9.17) is 0 Å². The van der Waals surface area contributed by atoms with Crippen molar-refractivity contribution in [1.82, 2.24) is 4.90 Å². The molecule has 0 aliphatic carbocycles. The third-order valence-electron chi connectivity index (χ3n) is 8.96. The topological polar surface area (TPSA) is 55.9 Å². The van der Waals surface area contributed by atoms with Gasteiger partial charge in [-0.05, 0) is 93.0 Å². The third kappa shape index (κ3) is 5.67. The van der Waals surface area contributed by atoms with E-state index in [9.17, 15) is 14.0 Å². The van der Waals surface area contributed by atoms with Crippen LogP contribution in [0.4, 0.5) is 21.5 Å². The second-order valence-corrected chi connectivity index (χ2v) is 11.6. The Hall–Kier alpha value is -3.87.